The van der Waals surface area contributed by atoms with Gasteiger partial charge in [-0.3, -0.25) is 0 Å². The van der Waals surface area contributed by atoms with Crippen molar-refractivity contribution in [1.82, 2.24) is 5.32 Å². The highest BCUT2D eigenvalue weighted by Crippen LogP contribution is 2.26. The second-order valence-corrected chi connectivity index (χ2v) is 5.73. The zero-order valence-corrected chi connectivity index (χ0v) is 12.3. The molecule has 4 nitrogen and oxygen atoms in total. The van der Waals surface area contributed by atoms with Gasteiger partial charge in [-0.05, 0) is 30.9 Å². The molecule has 0 spiro atoms. The van der Waals surface area contributed by atoms with E-state index in [-0.39, 0.29) is 12.1 Å². The number of benzene rings is 1. The fourth-order valence-corrected chi connectivity index (χ4v) is 2.98. The Morgan fingerprint density at radius 1 is 1.30 bits per heavy atom. The number of amides is 2. The fraction of sp³-hybridized carbons (Fsp3) is 0.533. The highest BCUT2D eigenvalue weighted by atomic mass is 35.5. The minimum atomic E-state index is -0.237. The molecule has 0 aliphatic heterocycles. The monoisotopic (exact) mass is 295 g/mol. The van der Waals surface area contributed by atoms with Crippen LogP contribution in [-0.4, -0.2) is 18.6 Å². The Kier molecular flexibility index (Phi) is 5.68. The normalized spacial score (nSPS) is 17.5. The molecule has 1 aliphatic rings. The summed E-state index contributed by atoms with van der Waals surface area (Å²) in [5.74, 6) is 0.491. The minimum absolute atomic E-state index is 0.0396. The molecule has 0 heterocycles. The summed E-state index contributed by atoms with van der Waals surface area (Å²) >= 11 is 6.02. The van der Waals surface area contributed by atoms with Crippen LogP contribution in [0.3, 0.4) is 0 Å². The third-order valence-corrected chi connectivity index (χ3v) is 4.24. The molecule has 20 heavy (non-hydrogen) atoms. The molecule has 110 valence electrons. The lowest BCUT2D eigenvalue weighted by Crippen LogP contribution is -2.47. The maximum absolute atomic E-state index is 12.0. The second kappa shape index (κ2) is 7.50. The molecule has 1 unspecified atom stereocenters. The third-order valence-electron chi connectivity index (χ3n) is 3.91. The zero-order valence-electron chi connectivity index (χ0n) is 11.6. The molecule has 0 bridgehead atoms. The van der Waals surface area contributed by atoms with E-state index >= 15 is 0 Å². The van der Waals surface area contributed by atoms with E-state index in [9.17, 15) is 4.79 Å². The van der Waals surface area contributed by atoms with Crippen LogP contribution in [0.25, 0.3) is 0 Å². The van der Waals surface area contributed by atoms with E-state index in [0.717, 1.165) is 12.8 Å². The molecule has 0 saturated heterocycles. The number of nitrogens with two attached hydrogens (primary N) is 1. The summed E-state index contributed by atoms with van der Waals surface area (Å²) in [6, 6.07) is 7.00. The Hall–Kier alpha value is -1.26. The fourth-order valence-electron chi connectivity index (χ4n) is 2.80. The lowest BCUT2D eigenvalue weighted by molar-refractivity contribution is 0.233. The first-order chi connectivity index (χ1) is 9.70. The van der Waals surface area contributed by atoms with Gasteiger partial charge in [-0.1, -0.05) is 43.0 Å². The van der Waals surface area contributed by atoms with E-state index in [1.54, 1.807) is 12.1 Å². The van der Waals surface area contributed by atoms with Crippen LogP contribution < -0.4 is 16.4 Å². The van der Waals surface area contributed by atoms with Gasteiger partial charge >= 0.3 is 6.03 Å². The van der Waals surface area contributed by atoms with Gasteiger partial charge in [-0.15, -0.1) is 0 Å². The van der Waals surface area contributed by atoms with Gasteiger partial charge in [0.05, 0.1) is 10.7 Å². The molecule has 2 rings (SSSR count). The van der Waals surface area contributed by atoms with Crippen LogP contribution in [0.2, 0.25) is 5.02 Å². The predicted octanol–water partition coefficient (Wildman–Crippen LogP) is 3.37. The molecule has 1 aromatic carbocycles. The molecule has 0 radical (unpaired) electrons. The van der Waals surface area contributed by atoms with Crippen LogP contribution in [-0.2, 0) is 0 Å². The van der Waals surface area contributed by atoms with E-state index in [4.69, 9.17) is 17.3 Å². The van der Waals surface area contributed by atoms with Gasteiger partial charge in [0, 0.05) is 12.6 Å². The molecule has 1 saturated carbocycles. The van der Waals surface area contributed by atoms with Crippen LogP contribution in [0.4, 0.5) is 10.5 Å². The van der Waals surface area contributed by atoms with Gasteiger partial charge in [-0.25, -0.2) is 4.79 Å². The molecule has 0 aromatic heterocycles. The number of hydrogen-bond donors (Lipinski definition) is 3. The van der Waals surface area contributed by atoms with Crippen molar-refractivity contribution in [3.05, 3.63) is 29.3 Å². The van der Waals surface area contributed by atoms with Crippen molar-refractivity contribution in [2.24, 2.45) is 11.7 Å². The SMILES string of the molecule is NCC(NC(=O)Nc1ccccc1Cl)C1CCCCC1. The number of carbonyl (C=O) groups excluding carboxylic acids is 1. The Balaban J connectivity index is 1.90. The van der Waals surface area contributed by atoms with E-state index in [2.05, 4.69) is 10.6 Å². The first-order valence-corrected chi connectivity index (χ1v) is 7.60. The van der Waals surface area contributed by atoms with Crippen molar-refractivity contribution >= 4 is 23.3 Å². The van der Waals surface area contributed by atoms with Crippen LogP contribution in [0.1, 0.15) is 32.1 Å². The average molecular weight is 296 g/mol. The number of urea groups is 1. The molecule has 5 heteroatoms. The van der Waals surface area contributed by atoms with Gasteiger partial charge in [0.1, 0.15) is 0 Å². The molecule has 2 amide bonds. The smallest absolute Gasteiger partial charge is 0.319 e. The number of anilines is 1. The summed E-state index contributed by atoms with van der Waals surface area (Å²) in [5.41, 5.74) is 6.42. The Morgan fingerprint density at radius 3 is 2.65 bits per heavy atom. The Morgan fingerprint density at radius 2 is 2.00 bits per heavy atom. The summed E-state index contributed by atoms with van der Waals surface area (Å²) in [6.07, 6.45) is 6.05. The van der Waals surface area contributed by atoms with Gasteiger partial charge in [0.15, 0.2) is 0 Å². The van der Waals surface area contributed by atoms with Crippen LogP contribution >= 0.6 is 11.6 Å². The number of halogens is 1. The second-order valence-electron chi connectivity index (χ2n) is 5.32. The molecule has 1 fully saturated rings. The minimum Gasteiger partial charge on any atom is -0.334 e. The van der Waals surface area contributed by atoms with E-state index in [1.807, 2.05) is 12.1 Å². The summed E-state index contributed by atoms with van der Waals surface area (Å²) in [5, 5.41) is 6.29. The zero-order chi connectivity index (χ0) is 14.4. The van der Waals surface area contributed by atoms with Gasteiger partial charge in [0.25, 0.3) is 0 Å². The first-order valence-electron chi connectivity index (χ1n) is 7.23. The van der Waals surface area contributed by atoms with Crippen molar-refractivity contribution in [3.63, 3.8) is 0 Å². The van der Waals surface area contributed by atoms with E-state index < -0.39 is 0 Å². The molecule has 4 N–H and O–H groups in total. The molecular formula is C15H22ClN3O. The Labute approximate surface area is 125 Å². The topological polar surface area (TPSA) is 67.1 Å². The maximum atomic E-state index is 12.0. The molecule has 1 atom stereocenters. The highest BCUT2D eigenvalue weighted by Gasteiger charge is 2.24. The van der Waals surface area contributed by atoms with Gasteiger partial charge in [-0.2, -0.15) is 0 Å². The summed E-state index contributed by atoms with van der Waals surface area (Å²) in [6.45, 7) is 0.473. The van der Waals surface area contributed by atoms with Crippen molar-refractivity contribution in [2.45, 2.75) is 38.1 Å². The number of rotatable bonds is 4. The lowest BCUT2D eigenvalue weighted by Gasteiger charge is -2.30. The predicted molar refractivity (Wildman–Crippen MR) is 83.0 cm³/mol. The quantitative estimate of drug-likeness (QED) is 0.797. The number of carbonyl (C=O) groups is 1. The summed E-state index contributed by atoms with van der Waals surface area (Å²) < 4.78 is 0. The van der Waals surface area contributed by atoms with Crippen LogP contribution in [0.5, 0.6) is 0 Å². The van der Waals surface area contributed by atoms with Crippen molar-refractivity contribution in [3.8, 4) is 0 Å². The van der Waals surface area contributed by atoms with Crippen molar-refractivity contribution in [1.29, 1.82) is 0 Å². The van der Waals surface area contributed by atoms with Gasteiger partial charge < -0.3 is 16.4 Å². The average Bonchev–Trinajstić information content (AvgIpc) is 2.48. The number of para-hydroxylation sites is 1. The van der Waals surface area contributed by atoms with Gasteiger partial charge in [0.2, 0.25) is 0 Å². The largest absolute Gasteiger partial charge is 0.334 e. The standard InChI is InChI=1S/C15H22ClN3O/c16-12-8-4-5-9-13(12)18-15(20)19-14(10-17)11-6-2-1-3-7-11/h4-5,8-9,11,14H,1-3,6-7,10,17H2,(H2,18,19,20). The van der Waals surface area contributed by atoms with Crippen molar-refractivity contribution in [2.75, 3.05) is 11.9 Å². The maximum Gasteiger partial charge on any atom is 0.319 e. The lowest BCUT2D eigenvalue weighted by atomic mass is 9.84. The summed E-state index contributed by atoms with van der Waals surface area (Å²) in [7, 11) is 0. The first kappa shape index (κ1) is 15.1. The number of hydrogen-bond acceptors (Lipinski definition) is 2. The third kappa shape index (κ3) is 4.12. The van der Waals surface area contributed by atoms with Crippen LogP contribution in [0, 0.1) is 5.92 Å². The van der Waals surface area contributed by atoms with E-state index in [1.165, 1.54) is 19.3 Å². The number of nitrogens with one attached hydrogen (secondary N) is 2. The highest BCUT2D eigenvalue weighted by molar-refractivity contribution is 6.33. The molecule has 1 aliphatic carbocycles. The molecule has 1 aromatic rings. The van der Waals surface area contributed by atoms with Crippen LogP contribution in [0.15, 0.2) is 24.3 Å². The van der Waals surface area contributed by atoms with E-state index in [0.29, 0.717) is 23.2 Å². The Bertz CT molecular complexity index is 446. The summed E-state index contributed by atoms with van der Waals surface area (Å²) in [4.78, 5) is 12.0. The van der Waals surface area contributed by atoms with Crippen molar-refractivity contribution < 1.29 is 4.79 Å². The molecular weight excluding hydrogens is 274 g/mol.